The standard InChI is InChI=1S/C26H33N3O5S/c30-24(15-19-10-12-22(13-11-19)35(33,34)14-4-7-26(31)32)23-16-25(28-18-27-23)29(17-20-8-9-20)21-5-2-1-3-6-21/h10-13,16,18,20-21H,1-9,14-15,17H2,(H,31,32). The summed E-state index contributed by atoms with van der Waals surface area (Å²) in [6.45, 7) is 0.984. The van der Waals surface area contributed by atoms with Crippen molar-refractivity contribution in [1.82, 2.24) is 9.97 Å². The average Bonchev–Trinajstić information content (AvgIpc) is 3.67. The molecule has 0 amide bonds. The molecule has 2 fully saturated rings. The first kappa shape index (κ1) is 25.3. The summed E-state index contributed by atoms with van der Waals surface area (Å²) in [6, 6.07) is 8.49. The van der Waals surface area contributed by atoms with Crippen LogP contribution in [0.5, 0.6) is 0 Å². The van der Waals surface area contributed by atoms with Crippen LogP contribution in [0.2, 0.25) is 0 Å². The Balaban J connectivity index is 1.42. The van der Waals surface area contributed by atoms with Crippen LogP contribution in [0.15, 0.2) is 41.6 Å². The van der Waals surface area contributed by atoms with E-state index in [1.165, 1.54) is 50.6 Å². The van der Waals surface area contributed by atoms with Gasteiger partial charge < -0.3 is 10.0 Å². The lowest BCUT2D eigenvalue weighted by Crippen LogP contribution is -2.39. The average molecular weight is 500 g/mol. The minimum Gasteiger partial charge on any atom is -0.481 e. The van der Waals surface area contributed by atoms with E-state index in [4.69, 9.17) is 5.11 Å². The predicted molar refractivity (Wildman–Crippen MR) is 132 cm³/mol. The molecule has 2 aromatic rings. The van der Waals surface area contributed by atoms with E-state index in [0.717, 1.165) is 25.2 Å². The van der Waals surface area contributed by atoms with Gasteiger partial charge in [0.15, 0.2) is 15.6 Å². The number of ketones is 1. The Labute approximate surface area is 206 Å². The van der Waals surface area contributed by atoms with Gasteiger partial charge in [0.05, 0.1) is 10.6 Å². The molecule has 35 heavy (non-hydrogen) atoms. The third-order valence-corrected chi connectivity index (χ3v) is 8.67. The zero-order chi connectivity index (χ0) is 24.8. The first-order valence-electron chi connectivity index (χ1n) is 12.5. The molecule has 2 aliphatic carbocycles. The lowest BCUT2D eigenvalue weighted by atomic mass is 9.94. The Morgan fingerprint density at radius 3 is 2.37 bits per heavy atom. The number of aliphatic carboxylic acids is 1. The molecule has 2 saturated carbocycles. The molecule has 1 aromatic heterocycles. The normalized spacial score (nSPS) is 16.7. The van der Waals surface area contributed by atoms with Gasteiger partial charge in [-0.1, -0.05) is 31.4 Å². The van der Waals surface area contributed by atoms with Crippen LogP contribution in [0.25, 0.3) is 0 Å². The number of sulfone groups is 1. The minimum atomic E-state index is -3.56. The molecule has 1 heterocycles. The number of carbonyl (C=O) groups is 2. The smallest absolute Gasteiger partial charge is 0.303 e. The highest BCUT2D eigenvalue weighted by molar-refractivity contribution is 7.91. The van der Waals surface area contributed by atoms with Crippen molar-refractivity contribution in [2.45, 2.75) is 75.1 Å². The topological polar surface area (TPSA) is 118 Å². The molecule has 0 atom stereocenters. The van der Waals surface area contributed by atoms with Crippen molar-refractivity contribution < 1.29 is 23.1 Å². The summed E-state index contributed by atoms with van der Waals surface area (Å²) < 4.78 is 24.8. The van der Waals surface area contributed by atoms with Gasteiger partial charge in [-0.05, 0) is 55.7 Å². The van der Waals surface area contributed by atoms with Crippen LogP contribution in [0.1, 0.15) is 73.8 Å². The van der Waals surface area contributed by atoms with E-state index >= 15 is 0 Å². The van der Waals surface area contributed by atoms with Crippen molar-refractivity contribution in [3.05, 3.63) is 47.9 Å². The van der Waals surface area contributed by atoms with Crippen molar-refractivity contribution in [3.63, 3.8) is 0 Å². The van der Waals surface area contributed by atoms with Gasteiger partial charge in [-0.2, -0.15) is 0 Å². The second-order valence-electron chi connectivity index (χ2n) is 9.71. The number of anilines is 1. The zero-order valence-electron chi connectivity index (χ0n) is 19.9. The largest absolute Gasteiger partial charge is 0.481 e. The molecule has 0 radical (unpaired) electrons. The van der Waals surface area contributed by atoms with Gasteiger partial charge >= 0.3 is 5.97 Å². The van der Waals surface area contributed by atoms with Crippen LogP contribution in [-0.2, 0) is 21.1 Å². The number of hydrogen-bond acceptors (Lipinski definition) is 7. The quantitative estimate of drug-likeness (QED) is 0.434. The lowest BCUT2D eigenvalue weighted by molar-refractivity contribution is -0.137. The zero-order valence-corrected chi connectivity index (χ0v) is 20.8. The fraction of sp³-hybridized carbons (Fsp3) is 0.538. The summed E-state index contributed by atoms with van der Waals surface area (Å²) in [7, 11) is -3.56. The molecule has 0 bridgehead atoms. The molecule has 4 rings (SSSR count). The number of aromatic nitrogens is 2. The van der Waals surface area contributed by atoms with Crippen molar-refractivity contribution >= 4 is 27.4 Å². The van der Waals surface area contributed by atoms with Gasteiger partial charge in [-0.25, -0.2) is 18.4 Å². The summed E-state index contributed by atoms with van der Waals surface area (Å²) >= 11 is 0. The molecule has 2 aliphatic rings. The van der Waals surface area contributed by atoms with Gasteiger partial charge in [-0.15, -0.1) is 0 Å². The molecule has 0 spiro atoms. The van der Waals surface area contributed by atoms with E-state index in [2.05, 4.69) is 14.9 Å². The van der Waals surface area contributed by atoms with Crippen molar-refractivity contribution in [1.29, 1.82) is 0 Å². The van der Waals surface area contributed by atoms with Gasteiger partial charge in [-0.3, -0.25) is 9.59 Å². The number of nitrogens with zero attached hydrogens (tertiary/aromatic N) is 3. The fourth-order valence-electron chi connectivity index (χ4n) is 4.68. The second-order valence-corrected chi connectivity index (χ2v) is 11.8. The highest BCUT2D eigenvalue weighted by atomic mass is 32.2. The number of carboxylic acid groups (broad SMARTS) is 1. The van der Waals surface area contributed by atoms with Crippen LogP contribution >= 0.6 is 0 Å². The Bertz CT molecular complexity index is 1140. The third-order valence-electron chi connectivity index (χ3n) is 6.85. The van der Waals surface area contributed by atoms with E-state index in [0.29, 0.717) is 23.2 Å². The lowest BCUT2D eigenvalue weighted by Gasteiger charge is -2.35. The number of carbonyl (C=O) groups excluding carboxylic acids is 1. The van der Waals surface area contributed by atoms with E-state index in [1.54, 1.807) is 18.2 Å². The molecular weight excluding hydrogens is 466 g/mol. The maximum absolute atomic E-state index is 13.0. The Morgan fingerprint density at radius 2 is 1.71 bits per heavy atom. The molecule has 1 aromatic carbocycles. The van der Waals surface area contributed by atoms with E-state index < -0.39 is 15.8 Å². The van der Waals surface area contributed by atoms with E-state index in [1.807, 2.05) is 0 Å². The van der Waals surface area contributed by atoms with E-state index in [9.17, 15) is 18.0 Å². The predicted octanol–water partition coefficient (Wildman–Crippen LogP) is 4.09. The van der Waals surface area contributed by atoms with Gasteiger partial charge in [0.25, 0.3) is 0 Å². The highest BCUT2D eigenvalue weighted by Gasteiger charge is 2.30. The SMILES string of the molecule is O=C(O)CCCS(=O)(=O)c1ccc(CC(=O)c2cc(N(CC3CC3)C3CCCCC3)ncn2)cc1. The first-order valence-corrected chi connectivity index (χ1v) is 14.1. The number of rotatable bonds is 12. The van der Waals surface area contributed by atoms with Crippen molar-refractivity contribution in [2.75, 3.05) is 17.2 Å². The maximum atomic E-state index is 13.0. The van der Waals surface area contributed by atoms with Crippen LogP contribution in [0, 0.1) is 5.92 Å². The Hall–Kier alpha value is -2.81. The molecule has 188 valence electrons. The molecular formula is C26H33N3O5S. The van der Waals surface area contributed by atoms with Gasteiger partial charge in [0.2, 0.25) is 0 Å². The number of Topliss-reactive ketones (excluding diaryl/α,β-unsaturated/α-hetero) is 1. The minimum absolute atomic E-state index is 0.0621. The number of benzene rings is 1. The summed E-state index contributed by atoms with van der Waals surface area (Å²) in [4.78, 5) is 34.9. The molecule has 8 nitrogen and oxygen atoms in total. The molecule has 0 aliphatic heterocycles. The van der Waals surface area contributed by atoms with Gasteiger partial charge in [0.1, 0.15) is 17.8 Å². The number of hydrogen-bond donors (Lipinski definition) is 1. The first-order chi connectivity index (χ1) is 16.8. The third kappa shape index (κ3) is 7.10. The van der Waals surface area contributed by atoms with Gasteiger partial charge in [0, 0.05) is 31.5 Å². The Kier molecular flexibility index (Phi) is 8.15. The fourth-order valence-corrected chi connectivity index (χ4v) is 5.99. The summed E-state index contributed by atoms with van der Waals surface area (Å²) in [5, 5.41) is 8.71. The Morgan fingerprint density at radius 1 is 1.00 bits per heavy atom. The van der Waals surface area contributed by atoms with E-state index in [-0.39, 0.29) is 35.7 Å². The van der Waals surface area contributed by atoms with Crippen molar-refractivity contribution in [2.24, 2.45) is 5.92 Å². The molecule has 1 N–H and O–H groups in total. The van der Waals surface area contributed by atoms with Crippen LogP contribution in [0.4, 0.5) is 5.82 Å². The second kappa shape index (κ2) is 11.3. The summed E-state index contributed by atoms with van der Waals surface area (Å²) in [5.74, 6) is 0.159. The number of carboxylic acids is 1. The van der Waals surface area contributed by atoms with Crippen molar-refractivity contribution in [3.8, 4) is 0 Å². The summed E-state index contributed by atoms with van der Waals surface area (Å²) in [5.41, 5.74) is 1.07. The highest BCUT2D eigenvalue weighted by Crippen LogP contribution is 2.34. The van der Waals surface area contributed by atoms with Crippen LogP contribution in [-0.4, -0.2) is 53.6 Å². The monoisotopic (exact) mass is 499 g/mol. The maximum Gasteiger partial charge on any atom is 0.303 e. The molecule has 0 saturated heterocycles. The summed E-state index contributed by atoms with van der Waals surface area (Å²) in [6.07, 6.45) is 10.0. The van der Waals surface area contributed by atoms with Crippen LogP contribution < -0.4 is 4.90 Å². The van der Waals surface area contributed by atoms with Crippen LogP contribution in [0.3, 0.4) is 0 Å². The molecule has 0 unspecified atom stereocenters. The molecule has 9 heteroatoms.